The molecule has 1 spiro atoms. The minimum atomic E-state index is 0.113. The van der Waals surface area contributed by atoms with E-state index in [0.29, 0.717) is 12.0 Å². The van der Waals surface area contributed by atoms with Crippen LogP contribution in [0.3, 0.4) is 0 Å². The van der Waals surface area contributed by atoms with Gasteiger partial charge in [-0.2, -0.15) is 0 Å². The van der Waals surface area contributed by atoms with Crippen LogP contribution in [0.1, 0.15) is 19.3 Å². The van der Waals surface area contributed by atoms with Gasteiger partial charge in [0.15, 0.2) is 5.96 Å². The highest BCUT2D eigenvalue weighted by Gasteiger charge is 2.55. The molecule has 3 aliphatic heterocycles. The average molecular weight is 256 g/mol. The van der Waals surface area contributed by atoms with Gasteiger partial charge in [0.2, 0.25) is 0 Å². The van der Waals surface area contributed by atoms with Gasteiger partial charge in [0, 0.05) is 18.3 Å². The van der Waals surface area contributed by atoms with Crippen LogP contribution in [0.5, 0.6) is 0 Å². The van der Waals surface area contributed by atoms with Crippen LogP contribution in [0.25, 0.3) is 0 Å². The van der Waals surface area contributed by atoms with Crippen LogP contribution < -0.4 is 10.6 Å². The number of fused-ring (bicyclic) bond motifs is 2. The summed E-state index contributed by atoms with van der Waals surface area (Å²) in [4.78, 5) is 9.52. The van der Waals surface area contributed by atoms with E-state index in [4.69, 9.17) is 5.73 Å². The molecular weight excluding hydrogens is 236 g/mol. The van der Waals surface area contributed by atoms with E-state index in [1.54, 1.807) is 0 Å². The Bertz CT molecular complexity index is 512. The number of benzene rings is 1. The summed E-state index contributed by atoms with van der Waals surface area (Å²) in [5, 5.41) is 0. The molecule has 3 aliphatic rings. The summed E-state index contributed by atoms with van der Waals surface area (Å²) in [6, 6.07) is 11.1. The van der Waals surface area contributed by atoms with Crippen LogP contribution in [0, 0.1) is 0 Å². The first-order chi connectivity index (χ1) is 9.31. The quantitative estimate of drug-likeness (QED) is 0.826. The molecule has 100 valence electrons. The van der Waals surface area contributed by atoms with Gasteiger partial charge in [0.1, 0.15) is 0 Å². The molecule has 0 aliphatic carbocycles. The zero-order chi connectivity index (χ0) is 12.9. The van der Waals surface area contributed by atoms with Gasteiger partial charge in [0.05, 0.1) is 12.1 Å². The minimum absolute atomic E-state index is 0.113. The van der Waals surface area contributed by atoms with Crippen molar-refractivity contribution in [3.63, 3.8) is 0 Å². The van der Waals surface area contributed by atoms with E-state index in [9.17, 15) is 0 Å². The molecule has 19 heavy (non-hydrogen) atoms. The fourth-order valence-corrected chi connectivity index (χ4v) is 4.21. The number of hydrogen-bond acceptors (Lipinski definition) is 4. The Morgan fingerprint density at radius 2 is 2.05 bits per heavy atom. The molecule has 2 N–H and O–H groups in total. The van der Waals surface area contributed by atoms with Crippen molar-refractivity contribution >= 4 is 11.6 Å². The Morgan fingerprint density at radius 1 is 1.21 bits per heavy atom. The van der Waals surface area contributed by atoms with Gasteiger partial charge in [-0.05, 0) is 37.9 Å². The lowest BCUT2D eigenvalue weighted by Gasteiger charge is -2.40. The predicted molar refractivity (Wildman–Crippen MR) is 77.4 cm³/mol. The third-order valence-electron chi connectivity index (χ3n) is 5.02. The van der Waals surface area contributed by atoms with Crippen molar-refractivity contribution in [2.75, 3.05) is 24.5 Å². The molecule has 0 bridgehead atoms. The lowest BCUT2D eigenvalue weighted by molar-refractivity contribution is 0.274. The number of rotatable bonds is 1. The van der Waals surface area contributed by atoms with Crippen LogP contribution in [0.2, 0.25) is 0 Å². The zero-order valence-electron chi connectivity index (χ0n) is 11.1. The van der Waals surface area contributed by atoms with E-state index in [1.807, 2.05) is 0 Å². The predicted octanol–water partition coefficient (Wildman–Crippen LogP) is 1.43. The van der Waals surface area contributed by atoms with Gasteiger partial charge >= 0.3 is 0 Å². The number of aliphatic imine (C=N–C) groups is 1. The van der Waals surface area contributed by atoms with Crippen molar-refractivity contribution in [3.05, 3.63) is 30.3 Å². The summed E-state index contributed by atoms with van der Waals surface area (Å²) >= 11 is 0. The first-order valence-corrected chi connectivity index (χ1v) is 7.20. The molecule has 0 aromatic heterocycles. The van der Waals surface area contributed by atoms with E-state index in [1.165, 1.54) is 38.0 Å². The third-order valence-corrected chi connectivity index (χ3v) is 5.02. The summed E-state index contributed by atoms with van der Waals surface area (Å²) < 4.78 is 0. The standard InChI is InChI=1S/C15H20N4/c16-14-17-11-15(8-10-18-9-4-7-13(15)18)19(14)12-5-2-1-3-6-12/h1-3,5-6,13H,4,7-11H2,(H2,16,17). The SMILES string of the molecule is NC1=NCC2(CCN3CCCC32)N1c1ccccc1. The van der Waals surface area contributed by atoms with Gasteiger partial charge < -0.3 is 10.6 Å². The van der Waals surface area contributed by atoms with Crippen LogP contribution >= 0.6 is 0 Å². The Balaban J connectivity index is 1.77. The molecule has 0 saturated carbocycles. The molecule has 3 heterocycles. The lowest BCUT2D eigenvalue weighted by Crippen LogP contribution is -2.57. The molecule has 2 fully saturated rings. The summed E-state index contributed by atoms with van der Waals surface area (Å²) in [6.45, 7) is 3.29. The van der Waals surface area contributed by atoms with Gasteiger partial charge in [-0.1, -0.05) is 18.2 Å². The Hall–Kier alpha value is -1.55. The molecule has 4 rings (SSSR count). The number of nitrogens with two attached hydrogens (primary N) is 1. The number of anilines is 1. The largest absolute Gasteiger partial charge is 0.369 e. The lowest BCUT2D eigenvalue weighted by atomic mass is 9.87. The number of hydrogen-bond donors (Lipinski definition) is 1. The van der Waals surface area contributed by atoms with Crippen molar-refractivity contribution in [2.45, 2.75) is 30.8 Å². The summed E-state index contributed by atoms with van der Waals surface area (Å²) in [5.74, 6) is 0.694. The van der Waals surface area contributed by atoms with E-state index < -0.39 is 0 Å². The van der Waals surface area contributed by atoms with Gasteiger partial charge in [-0.15, -0.1) is 0 Å². The third kappa shape index (κ3) is 1.46. The van der Waals surface area contributed by atoms with E-state index in [0.717, 1.165) is 6.54 Å². The molecular formula is C15H20N4. The van der Waals surface area contributed by atoms with Crippen LogP contribution in [0.15, 0.2) is 35.3 Å². The topological polar surface area (TPSA) is 44.9 Å². The van der Waals surface area contributed by atoms with Crippen molar-refractivity contribution in [1.82, 2.24) is 4.90 Å². The van der Waals surface area contributed by atoms with Crippen molar-refractivity contribution in [1.29, 1.82) is 0 Å². The summed E-state index contributed by atoms with van der Waals surface area (Å²) in [5.41, 5.74) is 7.51. The molecule has 1 aromatic carbocycles. The molecule has 2 atom stereocenters. The molecule has 0 radical (unpaired) electrons. The maximum absolute atomic E-state index is 6.21. The first-order valence-electron chi connectivity index (χ1n) is 7.20. The van der Waals surface area contributed by atoms with E-state index in [-0.39, 0.29) is 5.54 Å². The van der Waals surface area contributed by atoms with Gasteiger partial charge in [-0.3, -0.25) is 9.89 Å². The molecule has 1 aromatic rings. The highest BCUT2D eigenvalue weighted by Crippen LogP contribution is 2.44. The molecule has 0 amide bonds. The van der Waals surface area contributed by atoms with Gasteiger partial charge in [-0.25, -0.2) is 0 Å². The zero-order valence-corrected chi connectivity index (χ0v) is 11.1. The summed E-state index contributed by atoms with van der Waals surface area (Å²) in [7, 11) is 0. The Kier molecular flexibility index (Phi) is 2.36. The highest BCUT2D eigenvalue weighted by atomic mass is 15.4. The number of para-hydroxylation sites is 1. The number of guanidine groups is 1. The first kappa shape index (κ1) is 11.3. The second-order valence-corrected chi connectivity index (χ2v) is 5.89. The van der Waals surface area contributed by atoms with Crippen LogP contribution in [-0.2, 0) is 0 Å². The van der Waals surface area contributed by atoms with Crippen LogP contribution in [-0.4, -0.2) is 42.1 Å². The Morgan fingerprint density at radius 3 is 2.89 bits per heavy atom. The van der Waals surface area contributed by atoms with Crippen molar-refractivity contribution in [3.8, 4) is 0 Å². The maximum atomic E-state index is 6.21. The fraction of sp³-hybridized carbons (Fsp3) is 0.533. The highest BCUT2D eigenvalue weighted by molar-refractivity contribution is 5.98. The maximum Gasteiger partial charge on any atom is 0.196 e. The van der Waals surface area contributed by atoms with E-state index in [2.05, 4.69) is 45.1 Å². The number of nitrogens with zero attached hydrogens (tertiary/aromatic N) is 3. The Labute approximate surface area is 113 Å². The van der Waals surface area contributed by atoms with Crippen molar-refractivity contribution in [2.24, 2.45) is 10.7 Å². The van der Waals surface area contributed by atoms with Gasteiger partial charge in [0.25, 0.3) is 0 Å². The molecule has 4 nitrogen and oxygen atoms in total. The molecule has 2 saturated heterocycles. The minimum Gasteiger partial charge on any atom is -0.369 e. The normalized spacial score (nSPS) is 34.0. The van der Waals surface area contributed by atoms with E-state index >= 15 is 0 Å². The average Bonchev–Trinajstić information content (AvgIpc) is 3.09. The molecule has 4 heteroatoms. The van der Waals surface area contributed by atoms with Crippen molar-refractivity contribution < 1.29 is 0 Å². The monoisotopic (exact) mass is 256 g/mol. The van der Waals surface area contributed by atoms with Crippen LogP contribution in [0.4, 0.5) is 5.69 Å². The molecule has 2 unspecified atom stereocenters. The second-order valence-electron chi connectivity index (χ2n) is 5.89. The smallest absolute Gasteiger partial charge is 0.196 e. The second kappa shape index (κ2) is 3.97. The fourth-order valence-electron chi connectivity index (χ4n) is 4.21. The summed E-state index contributed by atoms with van der Waals surface area (Å²) in [6.07, 6.45) is 3.78.